The van der Waals surface area contributed by atoms with Gasteiger partial charge in [0.05, 0.1) is 13.2 Å². The minimum absolute atomic E-state index is 0.106. The first-order chi connectivity index (χ1) is 16.6. The van der Waals surface area contributed by atoms with Crippen molar-refractivity contribution in [1.82, 2.24) is 4.98 Å². The van der Waals surface area contributed by atoms with Crippen molar-refractivity contribution in [1.29, 1.82) is 0 Å². The Labute approximate surface area is 200 Å². The molecule has 1 aliphatic rings. The number of aryl methyl sites for hydroxylation is 1. The fourth-order valence-corrected chi connectivity index (χ4v) is 4.75. The molecule has 34 heavy (non-hydrogen) atoms. The summed E-state index contributed by atoms with van der Waals surface area (Å²) in [5.41, 5.74) is 3.36. The van der Waals surface area contributed by atoms with E-state index in [2.05, 4.69) is 30.1 Å². The highest BCUT2D eigenvalue weighted by molar-refractivity contribution is 5.63. The zero-order valence-electron chi connectivity index (χ0n) is 20.0. The maximum atomic E-state index is 11.3. The van der Waals surface area contributed by atoms with Gasteiger partial charge in [0.25, 0.3) is 0 Å². The van der Waals surface area contributed by atoms with E-state index >= 15 is 0 Å². The molecule has 0 bridgehead atoms. The number of rotatable bonds is 10. The van der Waals surface area contributed by atoms with Crippen LogP contribution in [0.1, 0.15) is 75.3 Å². The van der Waals surface area contributed by atoms with Crippen LogP contribution in [-0.4, -0.2) is 23.3 Å². The van der Waals surface area contributed by atoms with Crippen molar-refractivity contribution in [2.75, 3.05) is 13.2 Å². The van der Waals surface area contributed by atoms with E-state index in [1.165, 1.54) is 49.7 Å². The molecule has 1 aromatic heterocycles. The van der Waals surface area contributed by atoms with Crippen molar-refractivity contribution in [3.05, 3.63) is 64.1 Å². The molecule has 0 spiro atoms. The van der Waals surface area contributed by atoms with Gasteiger partial charge in [-0.1, -0.05) is 63.3 Å². The molecular formula is C28H35NO5. The third kappa shape index (κ3) is 6.25. The van der Waals surface area contributed by atoms with Gasteiger partial charge in [-0.3, -0.25) is 4.98 Å². The standard InChI is InChI=1S/C28H35NO5/c1-2-9-22-18-21(20-10-5-3-4-6-11-20)14-15-25(22)33-17-8-16-32-24-13-7-12-23(19-24)26-27(30)29-28(31)34-26/h7,12-15,18-20,30H,2-6,8-11,16-17H2,1H3,(H,29,31). The van der Waals surface area contributed by atoms with Gasteiger partial charge in [0, 0.05) is 12.0 Å². The molecule has 0 aliphatic heterocycles. The van der Waals surface area contributed by atoms with Gasteiger partial charge in [-0.05, 0) is 54.5 Å². The predicted octanol–water partition coefficient (Wildman–Crippen LogP) is 6.58. The van der Waals surface area contributed by atoms with Gasteiger partial charge < -0.3 is 19.0 Å². The van der Waals surface area contributed by atoms with E-state index in [-0.39, 0.29) is 11.6 Å². The van der Waals surface area contributed by atoms with Gasteiger partial charge >= 0.3 is 5.76 Å². The number of aromatic hydroxyl groups is 1. The van der Waals surface area contributed by atoms with Gasteiger partial charge in [-0.15, -0.1) is 0 Å². The number of hydrogen-bond acceptors (Lipinski definition) is 5. The molecule has 2 aromatic carbocycles. The summed E-state index contributed by atoms with van der Waals surface area (Å²) >= 11 is 0. The number of nitrogens with one attached hydrogen (secondary N) is 1. The minimum atomic E-state index is -0.694. The maximum Gasteiger partial charge on any atom is 0.419 e. The second-order valence-electron chi connectivity index (χ2n) is 9.08. The number of hydrogen-bond donors (Lipinski definition) is 2. The number of H-pyrrole nitrogens is 1. The molecule has 0 radical (unpaired) electrons. The Morgan fingerprint density at radius 3 is 2.56 bits per heavy atom. The Kier molecular flexibility index (Phi) is 8.34. The van der Waals surface area contributed by atoms with Crippen LogP contribution in [0, 0.1) is 0 Å². The topological polar surface area (TPSA) is 84.7 Å². The van der Waals surface area contributed by atoms with Crippen molar-refractivity contribution >= 4 is 0 Å². The Morgan fingerprint density at radius 1 is 1.03 bits per heavy atom. The summed E-state index contributed by atoms with van der Waals surface area (Å²) in [7, 11) is 0. The third-order valence-electron chi connectivity index (χ3n) is 6.47. The zero-order valence-corrected chi connectivity index (χ0v) is 20.0. The fraction of sp³-hybridized carbons (Fsp3) is 0.464. The van der Waals surface area contributed by atoms with Gasteiger partial charge in [-0.2, -0.15) is 0 Å². The monoisotopic (exact) mass is 465 g/mol. The summed E-state index contributed by atoms with van der Waals surface area (Å²) in [6.07, 6.45) is 10.9. The zero-order chi connectivity index (χ0) is 23.8. The molecule has 0 unspecified atom stereocenters. The van der Waals surface area contributed by atoms with E-state index < -0.39 is 5.76 Å². The molecule has 1 fully saturated rings. The molecule has 1 heterocycles. The van der Waals surface area contributed by atoms with E-state index in [0.29, 0.717) is 30.4 Å². The Balaban J connectivity index is 1.30. The highest BCUT2D eigenvalue weighted by Crippen LogP contribution is 2.34. The second kappa shape index (κ2) is 11.8. The van der Waals surface area contributed by atoms with Crippen LogP contribution in [0.4, 0.5) is 0 Å². The lowest BCUT2D eigenvalue weighted by Gasteiger charge is -2.18. The molecule has 1 aliphatic carbocycles. The van der Waals surface area contributed by atoms with Crippen LogP contribution in [0.5, 0.6) is 17.4 Å². The molecule has 3 aromatic rings. The lowest BCUT2D eigenvalue weighted by atomic mass is 9.90. The molecule has 6 heteroatoms. The molecule has 0 amide bonds. The summed E-state index contributed by atoms with van der Waals surface area (Å²) < 4.78 is 17.0. The van der Waals surface area contributed by atoms with Gasteiger partial charge in [0.15, 0.2) is 5.76 Å². The first-order valence-electron chi connectivity index (χ1n) is 12.5. The van der Waals surface area contributed by atoms with Crippen LogP contribution in [0.2, 0.25) is 0 Å². The number of aromatic amines is 1. The molecule has 1 saturated carbocycles. The summed E-state index contributed by atoms with van der Waals surface area (Å²) in [6, 6.07) is 13.9. The van der Waals surface area contributed by atoms with Crippen molar-refractivity contribution in [2.45, 2.75) is 70.6 Å². The predicted molar refractivity (Wildman–Crippen MR) is 133 cm³/mol. The summed E-state index contributed by atoms with van der Waals surface area (Å²) in [4.78, 5) is 13.5. The molecule has 4 rings (SSSR count). The van der Waals surface area contributed by atoms with Crippen molar-refractivity contribution in [2.24, 2.45) is 0 Å². The lowest BCUT2D eigenvalue weighted by molar-refractivity contribution is 0.246. The summed E-state index contributed by atoms with van der Waals surface area (Å²) in [6.45, 7) is 3.28. The van der Waals surface area contributed by atoms with E-state index in [0.717, 1.165) is 25.0 Å². The number of ether oxygens (including phenoxy) is 2. The normalized spacial score (nSPS) is 14.6. The quantitative estimate of drug-likeness (QED) is 0.261. The minimum Gasteiger partial charge on any atom is -0.493 e. The largest absolute Gasteiger partial charge is 0.493 e. The van der Waals surface area contributed by atoms with Crippen molar-refractivity contribution in [3.63, 3.8) is 0 Å². The van der Waals surface area contributed by atoms with Gasteiger partial charge in [0.1, 0.15) is 11.5 Å². The molecule has 6 nitrogen and oxygen atoms in total. The first kappa shape index (κ1) is 24.0. The summed E-state index contributed by atoms with van der Waals surface area (Å²) in [5.74, 6) is 1.44. The van der Waals surface area contributed by atoms with Gasteiger partial charge in [0.2, 0.25) is 5.88 Å². The van der Waals surface area contributed by atoms with Crippen molar-refractivity contribution < 1.29 is 19.0 Å². The lowest BCUT2D eigenvalue weighted by Crippen LogP contribution is -2.07. The van der Waals surface area contributed by atoms with E-state index in [9.17, 15) is 9.90 Å². The van der Waals surface area contributed by atoms with Crippen LogP contribution in [-0.2, 0) is 6.42 Å². The van der Waals surface area contributed by atoms with Crippen LogP contribution < -0.4 is 15.2 Å². The fourth-order valence-electron chi connectivity index (χ4n) is 4.75. The van der Waals surface area contributed by atoms with Crippen LogP contribution in [0.25, 0.3) is 11.3 Å². The molecule has 2 N–H and O–H groups in total. The first-order valence-corrected chi connectivity index (χ1v) is 12.5. The van der Waals surface area contributed by atoms with Gasteiger partial charge in [-0.25, -0.2) is 4.79 Å². The third-order valence-corrected chi connectivity index (χ3v) is 6.47. The Bertz CT molecular complexity index is 1110. The van der Waals surface area contributed by atoms with Crippen LogP contribution >= 0.6 is 0 Å². The smallest absolute Gasteiger partial charge is 0.419 e. The highest BCUT2D eigenvalue weighted by Gasteiger charge is 2.16. The van der Waals surface area contributed by atoms with Crippen LogP contribution in [0.15, 0.2) is 51.7 Å². The molecule has 0 atom stereocenters. The van der Waals surface area contributed by atoms with E-state index in [1.54, 1.807) is 18.2 Å². The average molecular weight is 466 g/mol. The average Bonchev–Trinajstić information content (AvgIpc) is 3.02. The molecule has 0 saturated heterocycles. The maximum absolute atomic E-state index is 11.3. The number of benzene rings is 2. The van der Waals surface area contributed by atoms with E-state index in [1.807, 2.05) is 6.07 Å². The van der Waals surface area contributed by atoms with Crippen molar-refractivity contribution in [3.8, 4) is 28.7 Å². The van der Waals surface area contributed by atoms with Crippen LogP contribution in [0.3, 0.4) is 0 Å². The highest BCUT2D eigenvalue weighted by atomic mass is 16.5. The summed E-state index contributed by atoms with van der Waals surface area (Å²) in [5, 5.41) is 9.79. The van der Waals surface area contributed by atoms with E-state index in [4.69, 9.17) is 13.9 Å². The molecule has 182 valence electrons. The Morgan fingerprint density at radius 2 is 1.82 bits per heavy atom. The molecular weight excluding hydrogens is 430 g/mol. The Hall–Kier alpha value is -3.15. The number of oxazole rings is 1. The second-order valence-corrected chi connectivity index (χ2v) is 9.08. The number of aromatic nitrogens is 1. The SMILES string of the molecule is CCCc1cc(C2CCCCCC2)ccc1OCCCOc1cccc(-c2oc(=O)[nH]c2O)c1.